The summed E-state index contributed by atoms with van der Waals surface area (Å²) in [6.07, 6.45) is 0. The van der Waals surface area contributed by atoms with Crippen molar-refractivity contribution >= 4 is 29.4 Å². The average molecular weight is 510 g/mol. The van der Waals surface area contributed by atoms with E-state index in [0.29, 0.717) is 35.5 Å². The second-order valence-electron chi connectivity index (χ2n) is 9.20. The van der Waals surface area contributed by atoms with Crippen LogP contribution in [0, 0.1) is 11.6 Å². The number of hydrogen-bond donors (Lipinski definition) is 3. The molecule has 2 aromatic carbocycles. The van der Waals surface area contributed by atoms with E-state index < -0.39 is 23.4 Å². The molecule has 0 bridgehead atoms. The first-order chi connectivity index (χ1) is 17.7. The minimum atomic E-state index is -0.905. The van der Waals surface area contributed by atoms with Gasteiger partial charge in [0, 0.05) is 35.8 Å². The molecule has 1 aliphatic heterocycles. The van der Waals surface area contributed by atoms with Gasteiger partial charge < -0.3 is 20.9 Å². The van der Waals surface area contributed by atoms with Crippen LogP contribution >= 0.6 is 0 Å². The molecule has 0 atom stereocenters. The predicted octanol–water partition coefficient (Wildman–Crippen LogP) is 3.89. The number of para-hydroxylation sites is 1. The molecule has 1 aromatic heterocycles. The molecule has 194 valence electrons. The van der Waals surface area contributed by atoms with Crippen molar-refractivity contribution in [2.45, 2.75) is 26.4 Å². The first kappa shape index (κ1) is 26.0. The third-order valence-electron chi connectivity index (χ3n) is 5.64. The van der Waals surface area contributed by atoms with Gasteiger partial charge in [0.25, 0.3) is 5.91 Å². The van der Waals surface area contributed by atoms with Crippen LogP contribution in [0.2, 0.25) is 0 Å². The van der Waals surface area contributed by atoms with Crippen molar-refractivity contribution in [1.29, 1.82) is 0 Å². The fraction of sp³-hybridized carbons (Fsp3) is 0.308. The van der Waals surface area contributed by atoms with Gasteiger partial charge in [0.2, 0.25) is 5.95 Å². The lowest BCUT2D eigenvalue weighted by atomic mass is 10.0. The highest BCUT2D eigenvalue weighted by atomic mass is 19.1. The summed E-state index contributed by atoms with van der Waals surface area (Å²) in [6.45, 7) is 4.94. The normalized spacial score (nSPS) is 13.0. The molecule has 2 heterocycles. The van der Waals surface area contributed by atoms with E-state index in [1.54, 1.807) is 24.3 Å². The molecule has 4 rings (SSSR count). The van der Waals surface area contributed by atoms with Gasteiger partial charge in [-0.2, -0.15) is 4.98 Å². The number of halogens is 2. The SMILES string of the molecule is CC(C)NC(=O)c1cccc(-c2nc(NCCN(C)C)nc3c2CNC(=O)N3c2c(F)cccc2F)c1. The lowest BCUT2D eigenvalue weighted by Crippen LogP contribution is -2.43. The molecule has 3 aromatic rings. The van der Waals surface area contributed by atoms with Crippen molar-refractivity contribution in [1.82, 2.24) is 25.5 Å². The fourth-order valence-corrected chi connectivity index (χ4v) is 3.93. The van der Waals surface area contributed by atoms with Crippen molar-refractivity contribution in [3.63, 3.8) is 0 Å². The Morgan fingerprint density at radius 3 is 2.51 bits per heavy atom. The Kier molecular flexibility index (Phi) is 7.63. The van der Waals surface area contributed by atoms with E-state index >= 15 is 0 Å². The number of likely N-dealkylation sites (N-methyl/N-ethyl adjacent to an activating group) is 1. The molecule has 0 spiro atoms. The van der Waals surface area contributed by atoms with Crippen molar-refractivity contribution in [2.75, 3.05) is 37.4 Å². The number of amides is 3. The minimum Gasteiger partial charge on any atom is -0.353 e. The predicted molar refractivity (Wildman–Crippen MR) is 138 cm³/mol. The largest absolute Gasteiger partial charge is 0.353 e. The molecule has 0 radical (unpaired) electrons. The zero-order chi connectivity index (χ0) is 26.7. The highest BCUT2D eigenvalue weighted by Gasteiger charge is 2.34. The molecule has 3 N–H and O–H groups in total. The third-order valence-corrected chi connectivity index (χ3v) is 5.64. The monoisotopic (exact) mass is 509 g/mol. The number of carbonyl (C=O) groups excluding carboxylic acids is 2. The summed E-state index contributed by atoms with van der Waals surface area (Å²) < 4.78 is 29.6. The number of carbonyl (C=O) groups is 2. The van der Waals surface area contributed by atoms with Crippen LogP contribution in [0.4, 0.5) is 31.0 Å². The Balaban J connectivity index is 1.87. The van der Waals surface area contributed by atoms with Crippen LogP contribution in [0.1, 0.15) is 29.8 Å². The standard InChI is InChI=1S/C26H29F2N7O2/c1-15(2)31-24(36)17-8-5-7-16(13-17)21-18-14-30-26(37)35(22-19(27)9-6-10-20(22)28)23(18)33-25(32-21)29-11-12-34(3)4/h5-10,13,15H,11-12,14H2,1-4H3,(H,30,37)(H,31,36)(H,29,32,33). The Bertz CT molecular complexity index is 1310. The first-order valence-electron chi connectivity index (χ1n) is 11.9. The van der Waals surface area contributed by atoms with Crippen LogP contribution in [0.25, 0.3) is 11.3 Å². The molecule has 11 heteroatoms. The van der Waals surface area contributed by atoms with E-state index in [1.165, 1.54) is 6.07 Å². The maximum Gasteiger partial charge on any atom is 0.328 e. The van der Waals surface area contributed by atoms with Crippen LogP contribution in [0.5, 0.6) is 0 Å². The quantitative estimate of drug-likeness (QED) is 0.426. The summed E-state index contributed by atoms with van der Waals surface area (Å²) in [4.78, 5) is 37.6. The van der Waals surface area contributed by atoms with Gasteiger partial charge in [0.15, 0.2) is 5.82 Å². The molecular formula is C26H29F2N7O2. The Labute approximate surface area is 213 Å². The topological polar surface area (TPSA) is 102 Å². The van der Waals surface area contributed by atoms with E-state index in [1.807, 2.05) is 32.8 Å². The summed E-state index contributed by atoms with van der Waals surface area (Å²) in [5.74, 6) is -1.81. The van der Waals surface area contributed by atoms with Crippen LogP contribution in [-0.2, 0) is 6.54 Å². The number of aromatic nitrogens is 2. The minimum absolute atomic E-state index is 0.0382. The van der Waals surface area contributed by atoms with Gasteiger partial charge in [-0.3, -0.25) is 4.79 Å². The summed E-state index contributed by atoms with van der Waals surface area (Å²) in [5, 5.41) is 8.65. The number of nitrogens with zero attached hydrogens (tertiary/aromatic N) is 4. The summed E-state index contributed by atoms with van der Waals surface area (Å²) in [5.41, 5.74) is 1.38. The smallest absolute Gasteiger partial charge is 0.328 e. The zero-order valence-electron chi connectivity index (χ0n) is 21.1. The molecule has 9 nitrogen and oxygen atoms in total. The number of anilines is 3. The number of fused-ring (bicyclic) bond motifs is 1. The van der Waals surface area contributed by atoms with Gasteiger partial charge >= 0.3 is 6.03 Å². The molecule has 0 unspecified atom stereocenters. The van der Waals surface area contributed by atoms with Crippen LogP contribution in [0.15, 0.2) is 42.5 Å². The maximum absolute atomic E-state index is 14.8. The molecule has 1 aliphatic rings. The Morgan fingerprint density at radius 1 is 1.14 bits per heavy atom. The summed E-state index contributed by atoms with van der Waals surface area (Å²) >= 11 is 0. The van der Waals surface area contributed by atoms with Gasteiger partial charge in [-0.05, 0) is 52.2 Å². The van der Waals surface area contributed by atoms with E-state index in [0.717, 1.165) is 17.0 Å². The first-order valence-corrected chi connectivity index (χ1v) is 11.9. The van der Waals surface area contributed by atoms with E-state index in [4.69, 9.17) is 0 Å². The Morgan fingerprint density at radius 2 is 1.84 bits per heavy atom. The Hall–Kier alpha value is -4.12. The average Bonchev–Trinajstić information content (AvgIpc) is 2.84. The molecule has 0 aliphatic carbocycles. The molecule has 0 saturated heterocycles. The zero-order valence-corrected chi connectivity index (χ0v) is 21.1. The van der Waals surface area contributed by atoms with Crippen LogP contribution < -0.4 is 20.9 Å². The second-order valence-corrected chi connectivity index (χ2v) is 9.20. The highest BCUT2D eigenvalue weighted by Crippen LogP contribution is 2.38. The van der Waals surface area contributed by atoms with Gasteiger partial charge in [-0.15, -0.1) is 0 Å². The third kappa shape index (κ3) is 5.67. The van der Waals surface area contributed by atoms with Crippen molar-refractivity contribution < 1.29 is 18.4 Å². The lowest BCUT2D eigenvalue weighted by molar-refractivity contribution is 0.0943. The maximum atomic E-state index is 14.8. The molecule has 0 fully saturated rings. The van der Waals surface area contributed by atoms with Gasteiger partial charge in [0.05, 0.1) is 12.2 Å². The summed E-state index contributed by atoms with van der Waals surface area (Å²) in [7, 11) is 3.84. The van der Waals surface area contributed by atoms with E-state index in [2.05, 4.69) is 25.9 Å². The second kappa shape index (κ2) is 10.9. The molecule has 37 heavy (non-hydrogen) atoms. The summed E-state index contributed by atoms with van der Waals surface area (Å²) in [6, 6.07) is 9.51. The molecular weight excluding hydrogens is 480 g/mol. The number of nitrogens with one attached hydrogen (secondary N) is 3. The van der Waals surface area contributed by atoms with Crippen LogP contribution in [0.3, 0.4) is 0 Å². The molecule has 3 amide bonds. The number of urea groups is 1. The van der Waals surface area contributed by atoms with E-state index in [-0.39, 0.29) is 30.3 Å². The number of hydrogen-bond acceptors (Lipinski definition) is 6. The number of rotatable bonds is 8. The van der Waals surface area contributed by atoms with Gasteiger partial charge in [-0.1, -0.05) is 18.2 Å². The van der Waals surface area contributed by atoms with Gasteiger partial charge in [0.1, 0.15) is 17.3 Å². The highest BCUT2D eigenvalue weighted by molar-refractivity contribution is 6.02. The lowest BCUT2D eigenvalue weighted by Gasteiger charge is -2.30. The van der Waals surface area contributed by atoms with E-state index in [9.17, 15) is 18.4 Å². The fourth-order valence-electron chi connectivity index (χ4n) is 3.93. The van der Waals surface area contributed by atoms with Crippen molar-refractivity contribution in [2.24, 2.45) is 0 Å². The van der Waals surface area contributed by atoms with Crippen molar-refractivity contribution in [3.8, 4) is 11.3 Å². The van der Waals surface area contributed by atoms with Crippen LogP contribution in [-0.4, -0.2) is 60.0 Å². The van der Waals surface area contributed by atoms with Gasteiger partial charge in [-0.25, -0.2) is 23.5 Å². The number of benzene rings is 2. The molecule has 0 saturated carbocycles. The van der Waals surface area contributed by atoms with Crippen molar-refractivity contribution in [3.05, 3.63) is 65.2 Å².